The normalized spacial score (nSPS) is 26.0. The Morgan fingerprint density at radius 1 is 1.00 bits per heavy atom. The van der Waals surface area contributed by atoms with Gasteiger partial charge in [0.15, 0.2) is 0 Å². The van der Waals surface area contributed by atoms with Crippen LogP contribution in [0.5, 0.6) is 0 Å². The molecule has 4 heteroatoms. The Bertz CT molecular complexity index is 938. The molecule has 2 fully saturated rings. The summed E-state index contributed by atoms with van der Waals surface area (Å²) in [7, 11) is 0. The van der Waals surface area contributed by atoms with Gasteiger partial charge in [-0.2, -0.15) is 0 Å². The van der Waals surface area contributed by atoms with Crippen molar-refractivity contribution in [3.8, 4) is 0 Å². The second-order valence-corrected chi connectivity index (χ2v) is 9.89. The summed E-state index contributed by atoms with van der Waals surface area (Å²) >= 11 is 0. The van der Waals surface area contributed by atoms with Crippen LogP contribution in [0.4, 0.5) is 8.78 Å². The quantitative estimate of drug-likeness (QED) is 0.453. The lowest BCUT2D eigenvalue weighted by atomic mass is 9.63. The molecule has 4 unspecified atom stereocenters. The van der Waals surface area contributed by atoms with Crippen LogP contribution >= 0.6 is 0 Å². The van der Waals surface area contributed by atoms with E-state index in [2.05, 4.69) is 6.92 Å². The Hall–Kier alpha value is -1.97. The summed E-state index contributed by atoms with van der Waals surface area (Å²) < 4.78 is 29.5. The van der Waals surface area contributed by atoms with Gasteiger partial charge in [0.2, 0.25) is 0 Å². The van der Waals surface area contributed by atoms with E-state index in [9.17, 15) is 13.6 Å². The molecule has 0 aromatic heterocycles. The molecule has 168 valence electrons. The van der Waals surface area contributed by atoms with Crippen LogP contribution < -0.4 is 0 Å². The fourth-order valence-corrected chi connectivity index (χ4v) is 6.20. The number of halogens is 2. The van der Waals surface area contributed by atoms with Gasteiger partial charge >= 0.3 is 5.97 Å². The van der Waals surface area contributed by atoms with E-state index in [1.165, 1.54) is 63.5 Å². The highest BCUT2D eigenvalue weighted by molar-refractivity contribution is 5.95. The summed E-state index contributed by atoms with van der Waals surface area (Å²) in [5.74, 6) is -0.0823. The van der Waals surface area contributed by atoms with E-state index in [-0.39, 0.29) is 11.3 Å². The van der Waals surface area contributed by atoms with Crippen LogP contribution in [0.25, 0.3) is 10.8 Å². The predicted octanol–water partition coefficient (Wildman–Crippen LogP) is 8.09. The van der Waals surface area contributed by atoms with Gasteiger partial charge in [0, 0.05) is 5.39 Å². The molecule has 2 aliphatic carbocycles. The fraction of sp³-hybridized carbons (Fsp3) is 0.593. The molecule has 2 saturated carbocycles. The minimum absolute atomic E-state index is 0.0541. The molecule has 0 saturated heterocycles. The molecule has 2 aliphatic rings. The van der Waals surface area contributed by atoms with Crippen LogP contribution in [-0.2, 0) is 0 Å². The first-order valence-corrected chi connectivity index (χ1v) is 12.1. The molecule has 0 aliphatic heterocycles. The first-order chi connectivity index (χ1) is 15.0. The number of carbonyl (C=O) groups is 1. The molecule has 0 radical (unpaired) electrons. The van der Waals surface area contributed by atoms with Gasteiger partial charge in [-0.15, -0.1) is 0 Å². The van der Waals surface area contributed by atoms with E-state index in [0.29, 0.717) is 16.9 Å². The van der Waals surface area contributed by atoms with Gasteiger partial charge in [0.25, 0.3) is 0 Å². The van der Waals surface area contributed by atoms with Gasteiger partial charge in [-0.25, -0.2) is 13.6 Å². The Morgan fingerprint density at radius 2 is 1.77 bits per heavy atom. The number of rotatable bonds is 7. The van der Waals surface area contributed by atoms with Crippen molar-refractivity contribution in [1.82, 2.24) is 0 Å². The SMILES string of the molecule is CCCCCCC1CCC2CC(c3cc4ccc(C(=O)O)c(F)c4cc3F)CCC2C1. The van der Waals surface area contributed by atoms with Crippen LogP contribution in [0, 0.1) is 29.4 Å². The number of unbranched alkanes of at least 4 members (excludes halogenated alkanes) is 3. The molecule has 2 nitrogen and oxygen atoms in total. The number of carboxylic acid groups (broad SMARTS) is 1. The average molecular weight is 429 g/mol. The van der Waals surface area contributed by atoms with Crippen molar-refractivity contribution in [1.29, 1.82) is 0 Å². The second-order valence-electron chi connectivity index (χ2n) is 9.89. The van der Waals surface area contributed by atoms with Gasteiger partial charge in [0.05, 0.1) is 5.56 Å². The zero-order chi connectivity index (χ0) is 22.0. The van der Waals surface area contributed by atoms with Crippen molar-refractivity contribution >= 4 is 16.7 Å². The highest BCUT2D eigenvalue weighted by Gasteiger charge is 2.36. The Balaban J connectivity index is 1.44. The van der Waals surface area contributed by atoms with Gasteiger partial charge in [-0.05, 0) is 84.9 Å². The van der Waals surface area contributed by atoms with Crippen molar-refractivity contribution < 1.29 is 18.7 Å². The maximum atomic E-state index is 15.0. The molecule has 0 bridgehead atoms. The summed E-state index contributed by atoms with van der Waals surface area (Å²) in [6.07, 6.45) is 13.8. The molecule has 4 rings (SSSR count). The summed E-state index contributed by atoms with van der Waals surface area (Å²) in [6, 6.07) is 5.83. The Kier molecular flexibility index (Phi) is 6.93. The van der Waals surface area contributed by atoms with E-state index in [1.807, 2.05) is 0 Å². The van der Waals surface area contributed by atoms with E-state index < -0.39 is 23.2 Å². The third-order valence-corrected chi connectivity index (χ3v) is 7.93. The molecule has 4 atom stereocenters. The summed E-state index contributed by atoms with van der Waals surface area (Å²) in [4.78, 5) is 11.2. The first-order valence-electron chi connectivity index (χ1n) is 12.1. The molecule has 0 spiro atoms. The minimum atomic E-state index is -1.33. The molecular formula is C27H34F2O2. The van der Waals surface area contributed by atoms with E-state index in [0.717, 1.165) is 31.1 Å². The number of benzene rings is 2. The fourth-order valence-electron chi connectivity index (χ4n) is 6.20. The zero-order valence-corrected chi connectivity index (χ0v) is 18.5. The summed E-state index contributed by atoms with van der Waals surface area (Å²) in [5.41, 5.74) is 0.265. The standard InChI is InChI=1S/C27H34F2O2/c1-2-3-4-5-6-17-7-8-19-14-20(10-9-18(19)13-17)23-15-21-11-12-22(27(30)31)26(29)24(21)16-25(23)28/h11-12,15-20H,2-10,13-14H2,1H3,(H,30,31). The first kappa shape index (κ1) is 22.2. The third-order valence-electron chi connectivity index (χ3n) is 7.93. The second kappa shape index (κ2) is 9.67. The third kappa shape index (κ3) is 4.78. The highest BCUT2D eigenvalue weighted by Crippen LogP contribution is 2.49. The number of aromatic carboxylic acids is 1. The van der Waals surface area contributed by atoms with Crippen molar-refractivity contribution in [3.63, 3.8) is 0 Å². The van der Waals surface area contributed by atoms with E-state index in [4.69, 9.17) is 5.11 Å². The number of hydrogen-bond acceptors (Lipinski definition) is 1. The highest BCUT2D eigenvalue weighted by atomic mass is 19.1. The van der Waals surface area contributed by atoms with Crippen LogP contribution in [-0.4, -0.2) is 11.1 Å². The molecule has 0 amide bonds. The van der Waals surface area contributed by atoms with Gasteiger partial charge in [0.1, 0.15) is 11.6 Å². The molecule has 1 N–H and O–H groups in total. The molecule has 0 heterocycles. The van der Waals surface area contributed by atoms with Crippen molar-refractivity contribution in [3.05, 3.63) is 47.0 Å². The number of fused-ring (bicyclic) bond motifs is 2. The predicted molar refractivity (Wildman–Crippen MR) is 120 cm³/mol. The average Bonchev–Trinajstić information content (AvgIpc) is 2.76. The summed E-state index contributed by atoms with van der Waals surface area (Å²) in [5, 5.41) is 9.75. The molecule has 2 aromatic rings. The van der Waals surface area contributed by atoms with Gasteiger partial charge in [-0.1, -0.05) is 51.5 Å². The monoisotopic (exact) mass is 428 g/mol. The Labute approximate surface area is 184 Å². The van der Waals surface area contributed by atoms with Gasteiger partial charge < -0.3 is 5.11 Å². The molecule has 2 aromatic carbocycles. The lowest BCUT2D eigenvalue weighted by Gasteiger charge is -2.42. The van der Waals surface area contributed by atoms with Crippen LogP contribution in [0.15, 0.2) is 24.3 Å². The summed E-state index contributed by atoms with van der Waals surface area (Å²) in [6.45, 7) is 2.26. The molecule has 31 heavy (non-hydrogen) atoms. The number of carboxylic acids is 1. The van der Waals surface area contributed by atoms with Crippen molar-refractivity contribution in [2.45, 2.75) is 83.5 Å². The maximum absolute atomic E-state index is 15.0. The van der Waals surface area contributed by atoms with E-state index in [1.54, 1.807) is 12.1 Å². The lowest BCUT2D eigenvalue weighted by Crippen LogP contribution is -2.30. The smallest absolute Gasteiger partial charge is 0.338 e. The van der Waals surface area contributed by atoms with Crippen molar-refractivity contribution in [2.24, 2.45) is 17.8 Å². The minimum Gasteiger partial charge on any atom is -0.478 e. The van der Waals surface area contributed by atoms with Gasteiger partial charge in [-0.3, -0.25) is 0 Å². The van der Waals surface area contributed by atoms with Crippen LogP contribution in [0.2, 0.25) is 0 Å². The maximum Gasteiger partial charge on any atom is 0.338 e. The van der Waals surface area contributed by atoms with Crippen LogP contribution in [0.1, 0.15) is 99.4 Å². The Morgan fingerprint density at radius 3 is 2.55 bits per heavy atom. The van der Waals surface area contributed by atoms with E-state index >= 15 is 0 Å². The lowest BCUT2D eigenvalue weighted by molar-refractivity contribution is 0.0692. The van der Waals surface area contributed by atoms with Crippen molar-refractivity contribution in [2.75, 3.05) is 0 Å². The topological polar surface area (TPSA) is 37.3 Å². The molecular weight excluding hydrogens is 394 g/mol. The largest absolute Gasteiger partial charge is 0.478 e. The van der Waals surface area contributed by atoms with Crippen LogP contribution in [0.3, 0.4) is 0 Å². The zero-order valence-electron chi connectivity index (χ0n) is 18.5. The number of hydrogen-bond donors (Lipinski definition) is 1.